The summed E-state index contributed by atoms with van der Waals surface area (Å²) in [6, 6.07) is 1.75. The molecule has 1 aromatic rings. The van der Waals surface area contributed by atoms with Crippen molar-refractivity contribution in [2.75, 3.05) is 38.7 Å². The quantitative estimate of drug-likeness (QED) is 0.815. The maximum absolute atomic E-state index is 12.6. The summed E-state index contributed by atoms with van der Waals surface area (Å²) >= 11 is 0. The standard InChI is InChI=1S/C16H26N4O2/c1-12-6-4-8-20(11-12)16(21)14-10-15(19-13(2)18-14)17-7-5-9-22-3/h10,12H,4-9,11H2,1-3H3,(H,17,18,19). The molecule has 1 fully saturated rings. The second-order valence-electron chi connectivity index (χ2n) is 5.96. The zero-order chi connectivity index (χ0) is 15.9. The molecule has 1 amide bonds. The number of carbonyl (C=O) groups is 1. The lowest BCUT2D eigenvalue weighted by Crippen LogP contribution is -2.39. The highest BCUT2D eigenvalue weighted by atomic mass is 16.5. The fraction of sp³-hybridized carbons (Fsp3) is 0.688. The van der Waals surface area contributed by atoms with Gasteiger partial charge in [-0.2, -0.15) is 0 Å². The Bertz CT molecular complexity index is 507. The molecule has 22 heavy (non-hydrogen) atoms. The van der Waals surface area contributed by atoms with E-state index in [-0.39, 0.29) is 5.91 Å². The van der Waals surface area contributed by atoms with Crippen LogP contribution < -0.4 is 5.32 Å². The van der Waals surface area contributed by atoms with Crippen LogP contribution in [-0.4, -0.2) is 54.1 Å². The van der Waals surface area contributed by atoms with E-state index in [1.54, 1.807) is 13.2 Å². The molecule has 0 saturated carbocycles. The van der Waals surface area contributed by atoms with E-state index in [0.717, 1.165) is 32.5 Å². The van der Waals surface area contributed by atoms with Crippen molar-refractivity contribution in [2.45, 2.75) is 33.1 Å². The highest BCUT2D eigenvalue weighted by Crippen LogP contribution is 2.18. The molecule has 1 saturated heterocycles. The number of hydrogen-bond donors (Lipinski definition) is 1. The van der Waals surface area contributed by atoms with Crippen molar-refractivity contribution in [1.29, 1.82) is 0 Å². The van der Waals surface area contributed by atoms with Gasteiger partial charge in [0.05, 0.1) is 0 Å². The number of hydrogen-bond acceptors (Lipinski definition) is 5. The number of aromatic nitrogens is 2. The molecule has 0 bridgehead atoms. The van der Waals surface area contributed by atoms with E-state index in [1.807, 2.05) is 11.8 Å². The molecule has 6 nitrogen and oxygen atoms in total. The van der Waals surface area contributed by atoms with Gasteiger partial charge in [-0.05, 0) is 32.1 Å². The Labute approximate surface area is 132 Å². The van der Waals surface area contributed by atoms with Gasteiger partial charge in [-0.1, -0.05) is 6.92 Å². The first kappa shape index (κ1) is 16.7. The molecular weight excluding hydrogens is 280 g/mol. The van der Waals surface area contributed by atoms with E-state index in [1.165, 1.54) is 6.42 Å². The molecule has 1 aliphatic heterocycles. The molecule has 1 aromatic heterocycles. The minimum atomic E-state index is 0.0111. The lowest BCUT2D eigenvalue weighted by atomic mass is 10.00. The number of nitrogens with zero attached hydrogens (tertiary/aromatic N) is 3. The number of piperidine rings is 1. The van der Waals surface area contributed by atoms with Gasteiger partial charge in [-0.15, -0.1) is 0 Å². The third-order valence-electron chi connectivity index (χ3n) is 3.83. The Kier molecular flexibility index (Phi) is 6.12. The second-order valence-corrected chi connectivity index (χ2v) is 5.96. The number of amides is 1. The maximum atomic E-state index is 12.6. The molecular formula is C16H26N4O2. The van der Waals surface area contributed by atoms with E-state index in [4.69, 9.17) is 4.74 Å². The smallest absolute Gasteiger partial charge is 0.272 e. The minimum absolute atomic E-state index is 0.0111. The minimum Gasteiger partial charge on any atom is -0.385 e. The van der Waals surface area contributed by atoms with Crippen LogP contribution in [0.15, 0.2) is 6.07 Å². The maximum Gasteiger partial charge on any atom is 0.272 e. The van der Waals surface area contributed by atoms with Crippen LogP contribution >= 0.6 is 0 Å². The Balaban J connectivity index is 2.03. The zero-order valence-corrected chi connectivity index (χ0v) is 13.8. The molecule has 2 rings (SSSR count). The van der Waals surface area contributed by atoms with Crippen LogP contribution in [0.3, 0.4) is 0 Å². The molecule has 1 unspecified atom stereocenters. The van der Waals surface area contributed by atoms with Crippen LogP contribution in [0.4, 0.5) is 5.82 Å². The average molecular weight is 306 g/mol. The van der Waals surface area contributed by atoms with Crippen LogP contribution in [0.2, 0.25) is 0 Å². The van der Waals surface area contributed by atoms with Crippen LogP contribution in [0, 0.1) is 12.8 Å². The molecule has 2 heterocycles. The van der Waals surface area contributed by atoms with E-state index >= 15 is 0 Å². The fourth-order valence-electron chi connectivity index (χ4n) is 2.74. The van der Waals surface area contributed by atoms with Crippen molar-refractivity contribution in [3.8, 4) is 0 Å². The summed E-state index contributed by atoms with van der Waals surface area (Å²) in [6.45, 7) is 7.11. The van der Waals surface area contributed by atoms with Gasteiger partial charge in [0, 0.05) is 39.4 Å². The van der Waals surface area contributed by atoms with Gasteiger partial charge in [-0.3, -0.25) is 4.79 Å². The van der Waals surface area contributed by atoms with Crippen molar-refractivity contribution >= 4 is 11.7 Å². The molecule has 122 valence electrons. The number of rotatable bonds is 6. The fourth-order valence-corrected chi connectivity index (χ4v) is 2.74. The van der Waals surface area contributed by atoms with Crippen LogP contribution in [-0.2, 0) is 4.74 Å². The summed E-state index contributed by atoms with van der Waals surface area (Å²) in [5.41, 5.74) is 0.482. The first-order valence-corrected chi connectivity index (χ1v) is 7.98. The number of carbonyl (C=O) groups excluding carboxylic acids is 1. The zero-order valence-electron chi connectivity index (χ0n) is 13.8. The van der Waals surface area contributed by atoms with Crippen molar-refractivity contribution in [3.63, 3.8) is 0 Å². The highest BCUT2D eigenvalue weighted by molar-refractivity contribution is 5.93. The van der Waals surface area contributed by atoms with Crippen molar-refractivity contribution in [3.05, 3.63) is 17.6 Å². The number of methoxy groups -OCH3 is 1. The normalized spacial score (nSPS) is 18.3. The van der Waals surface area contributed by atoms with Gasteiger partial charge in [-0.25, -0.2) is 9.97 Å². The summed E-state index contributed by atoms with van der Waals surface area (Å²) in [4.78, 5) is 23.2. The van der Waals surface area contributed by atoms with Gasteiger partial charge in [0.1, 0.15) is 17.3 Å². The number of aryl methyl sites for hydroxylation is 1. The van der Waals surface area contributed by atoms with Gasteiger partial charge < -0.3 is 15.0 Å². The predicted octanol–water partition coefficient (Wildman–Crippen LogP) is 2.11. The molecule has 6 heteroatoms. The van der Waals surface area contributed by atoms with Crippen LogP contribution in [0.5, 0.6) is 0 Å². The highest BCUT2D eigenvalue weighted by Gasteiger charge is 2.23. The van der Waals surface area contributed by atoms with Crippen molar-refractivity contribution < 1.29 is 9.53 Å². The van der Waals surface area contributed by atoms with Gasteiger partial charge in [0.25, 0.3) is 5.91 Å². The molecule has 1 N–H and O–H groups in total. The van der Waals surface area contributed by atoms with E-state index in [2.05, 4.69) is 22.2 Å². The molecule has 0 radical (unpaired) electrons. The first-order chi connectivity index (χ1) is 10.6. The van der Waals surface area contributed by atoms with Gasteiger partial charge >= 0.3 is 0 Å². The number of anilines is 1. The Morgan fingerprint density at radius 2 is 2.32 bits per heavy atom. The lowest BCUT2D eigenvalue weighted by Gasteiger charge is -2.30. The third kappa shape index (κ3) is 4.66. The summed E-state index contributed by atoms with van der Waals surface area (Å²) < 4.78 is 5.02. The average Bonchev–Trinajstić information content (AvgIpc) is 2.50. The predicted molar refractivity (Wildman–Crippen MR) is 86.1 cm³/mol. The van der Waals surface area contributed by atoms with Gasteiger partial charge in [0.15, 0.2) is 0 Å². The summed E-state index contributed by atoms with van der Waals surface area (Å²) in [6.07, 6.45) is 3.16. The third-order valence-corrected chi connectivity index (χ3v) is 3.83. The number of nitrogens with one attached hydrogen (secondary N) is 1. The lowest BCUT2D eigenvalue weighted by molar-refractivity contribution is 0.0676. The van der Waals surface area contributed by atoms with Crippen molar-refractivity contribution in [2.24, 2.45) is 5.92 Å². The van der Waals surface area contributed by atoms with E-state index in [0.29, 0.717) is 29.9 Å². The van der Waals surface area contributed by atoms with Gasteiger partial charge in [0.2, 0.25) is 0 Å². The largest absolute Gasteiger partial charge is 0.385 e. The van der Waals surface area contributed by atoms with E-state index in [9.17, 15) is 4.79 Å². The number of ether oxygens (including phenoxy) is 1. The van der Waals surface area contributed by atoms with E-state index < -0.39 is 0 Å². The monoisotopic (exact) mass is 306 g/mol. The molecule has 1 atom stereocenters. The van der Waals surface area contributed by atoms with Crippen LogP contribution in [0.25, 0.3) is 0 Å². The molecule has 1 aliphatic rings. The molecule has 0 aromatic carbocycles. The van der Waals surface area contributed by atoms with Crippen molar-refractivity contribution in [1.82, 2.24) is 14.9 Å². The first-order valence-electron chi connectivity index (χ1n) is 7.98. The second kappa shape index (κ2) is 8.08. The van der Waals surface area contributed by atoms with Crippen LogP contribution in [0.1, 0.15) is 42.5 Å². The Morgan fingerprint density at radius 3 is 3.05 bits per heavy atom. The summed E-state index contributed by atoms with van der Waals surface area (Å²) in [5, 5.41) is 3.23. The summed E-state index contributed by atoms with van der Waals surface area (Å²) in [7, 11) is 1.69. The topological polar surface area (TPSA) is 67.3 Å². The molecule has 0 aliphatic carbocycles. The summed E-state index contributed by atoms with van der Waals surface area (Å²) in [5.74, 6) is 1.89. The Morgan fingerprint density at radius 1 is 1.50 bits per heavy atom. The molecule has 0 spiro atoms. The Hall–Kier alpha value is -1.69. The number of likely N-dealkylation sites (tertiary alicyclic amines) is 1. The SMILES string of the molecule is COCCCNc1cc(C(=O)N2CCCC(C)C2)nc(C)n1.